The minimum atomic E-state index is 0.608. The van der Waals surface area contributed by atoms with Gasteiger partial charge in [-0.2, -0.15) is 0 Å². The summed E-state index contributed by atoms with van der Waals surface area (Å²) in [5.41, 5.74) is 4.47. The summed E-state index contributed by atoms with van der Waals surface area (Å²) < 4.78 is 1.07. The predicted octanol–water partition coefficient (Wildman–Crippen LogP) is 5.13. The molecule has 0 aromatic heterocycles. The molecular weight excluding hydrogens is 332 g/mol. The minimum absolute atomic E-state index is 0.608. The normalized spacial score (nSPS) is 10.2. The fraction of sp³-hybridized carbons (Fsp3) is 0.188. The summed E-state index contributed by atoms with van der Waals surface area (Å²) in [4.78, 5) is 0. The molecule has 0 spiro atoms. The second kappa shape index (κ2) is 6.86. The first-order chi connectivity index (χ1) is 9.60. The molecule has 0 fully saturated rings. The van der Waals surface area contributed by atoms with Gasteiger partial charge in [-0.1, -0.05) is 41.1 Å². The fourth-order valence-electron chi connectivity index (χ4n) is 1.99. The molecule has 0 heterocycles. The van der Waals surface area contributed by atoms with Crippen LogP contribution in [-0.2, 0) is 6.42 Å². The first-order valence-electron chi connectivity index (χ1n) is 6.52. The Balaban J connectivity index is 2.09. The van der Waals surface area contributed by atoms with Gasteiger partial charge in [-0.05, 0) is 61.0 Å². The molecule has 0 atom stereocenters. The smallest absolute Gasteiger partial charge is 0.175 e. The van der Waals surface area contributed by atoms with Crippen LogP contribution in [0.4, 0.5) is 11.4 Å². The zero-order valence-electron chi connectivity index (χ0n) is 11.5. The molecule has 4 heteroatoms. The molecule has 2 rings (SSSR count). The van der Waals surface area contributed by atoms with E-state index in [1.165, 1.54) is 5.56 Å². The van der Waals surface area contributed by atoms with Gasteiger partial charge >= 0.3 is 0 Å². The van der Waals surface area contributed by atoms with Gasteiger partial charge in [0.05, 0.1) is 0 Å². The fourth-order valence-corrected chi connectivity index (χ4v) is 2.69. The van der Waals surface area contributed by atoms with E-state index in [1.807, 2.05) is 30.3 Å². The summed E-state index contributed by atoms with van der Waals surface area (Å²) in [6.07, 6.45) is 0.975. The quantitative estimate of drug-likeness (QED) is 0.752. The number of anilines is 2. The van der Waals surface area contributed by atoms with Crippen molar-refractivity contribution >= 4 is 44.6 Å². The summed E-state index contributed by atoms with van der Waals surface area (Å²) in [5, 5.41) is 7.10. The minimum Gasteiger partial charge on any atom is -0.332 e. The van der Waals surface area contributed by atoms with E-state index >= 15 is 0 Å². The molecule has 0 saturated carbocycles. The van der Waals surface area contributed by atoms with Crippen LogP contribution in [0.1, 0.15) is 18.1 Å². The van der Waals surface area contributed by atoms with Gasteiger partial charge in [-0.3, -0.25) is 0 Å². The maximum absolute atomic E-state index is 5.38. The van der Waals surface area contributed by atoms with Crippen molar-refractivity contribution in [3.63, 3.8) is 0 Å². The molecule has 0 bridgehead atoms. The Morgan fingerprint density at radius 1 is 1.10 bits per heavy atom. The van der Waals surface area contributed by atoms with E-state index in [1.54, 1.807) is 0 Å². The second-order valence-corrected chi connectivity index (χ2v) is 5.87. The SMILES string of the molecule is CCc1ccccc1NC(=S)Nc1ccc(Br)cc1C. The Bertz CT molecular complexity index is 626. The average molecular weight is 349 g/mol. The Labute approximate surface area is 133 Å². The lowest BCUT2D eigenvalue weighted by molar-refractivity contribution is 1.14. The molecule has 2 aromatic carbocycles. The van der Waals surface area contributed by atoms with Crippen LogP contribution in [0.25, 0.3) is 0 Å². The van der Waals surface area contributed by atoms with Crippen molar-refractivity contribution in [2.45, 2.75) is 20.3 Å². The van der Waals surface area contributed by atoms with Crippen molar-refractivity contribution in [1.29, 1.82) is 0 Å². The number of para-hydroxylation sites is 1. The van der Waals surface area contributed by atoms with Gasteiger partial charge in [0.2, 0.25) is 0 Å². The van der Waals surface area contributed by atoms with E-state index in [9.17, 15) is 0 Å². The van der Waals surface area contributed by atoms with Crippen molar-refractivity contribution in [3.05, 3.63) is 58.1 Å². The summed E-state index contributed by atoms with van der Waals surface area (Å²) in [6, 6.07) is 14.3. The molecule has 2 aromatic rings. The van der Waals surface area contributed by atoms with Crippen LogP contribution in [0.15, 0.2) is 46.9 Å². The van der Waals surface area contributed by atoms with Crippen molar-refractivity contribution < 1.29 is 0 Å². The van der Waals surface area contributed by atoms with Crippen LogP contribution in [0.3, 0.4) is 0 Å². The molecule has 0 radical (unpaired) electrons. The molecule has 0 aliphatic carbocycles. The first-order valence-corrected chi connectivity index (χ1v) is 7.72. The van der Waals surface area contributed by atoms with Gasteiger partial charge in [0.1, 0.15) is 0 Å². The Hall–Kier alpha value is -1.39. The van der Waals surface area contributed by atoms with Gasteiger partial charge in [-0.15, -0.1) is 0 Å². The highest BCUT2D eigenvalue weighted by molar-refractivity contribution is 9.10. The largest absolute Gasteiger partial charge is 0.332 e. The number of hydrogen-bond donors (Lipinski definition) is 2. The second-order valence-electron chi connectivity index (χ2n) is 4.55. The van der Waals surface area contributed by atoms with Crippen molar-refractivity contribution in [2.75, 3.05) is 10.6 Å². The number of thiocarbonyl (C=S) groups is 1. The Morgan fingerprint density at radius 3 is 2.50 bits per heavy atom. The van der Waals surface area contributed by atoms with E-state index in [2.05, 4.69) is 52.5 Å². The molecule has 2 nitrogen and oxygen atoms in total. The maximum Gasteiger partial charge on any atom is 0.175 e. The van der Waals surface area contributed by atoms with Gasteiger partial charge in [-0.25, -0.2) is 0 Å². The predicted molar refractivity (Wildman–Crippen MR) is 94.5 cm³/mol. The maximum atomic E-state index is 5.38. The highest BCUT2D eigenvalue weighted by Crippen LogP contribution is 2.21. The summed E-state index contributed by atoms with van der Waals surface area (Å²) in [6.45, 7) is 4.19. The summed E-state index contributed by atoms with van der Waals surface area (Å²) in [7, 11) is 0. The standard InChI is InChI=1S/C16H17BrN2S/c1-3-12-6-4-5-7-15(12)19-16(20)18-14-9-8-13(17)10-11(14)2/h4-10H,3H2,1-2H3,(H2,18,19,20). The van der Waals surface area contributed by atoms with Gasteiger partial charge in [0.25, 0.3) is 0 Å². The lowest BCUT2D eigenvalue weighted by Crippen LogP contribution is -2.20. The molecule has 0 unspecified atom stereocenters. The van der Waals surface area contributed by atoms with Gasteiger partial charge in [0, 0.05) is 15.8 Å². The molecule has 104 valence electrons. The molecule has 0 amide bonds. The highest BCUT2D eigenvalue weighted by atomic mass is 79.9. The zero-order valence-corrected chi connectivity index (χ0v) is 13.9. The van der Waals surface area contributed by atoms with E-state index in [0.717, 1.165) is 27.8 Å². The zero-order chi connectivity index (χ0) is 14.5. The van der Waals surface area contributed by atoms with Gasteiger partial charge < -0.3 is 10.6 Å². The molecule has 0 aliphatic heterocycles. The monoisotopic (exact) mass is 348 g/mol. The topological polar surface area (TPSA) is 24.1 Å². The average Bonchev–Trinajstić information content (AvgIpc) is 2.42. The van der Waals surface area contributed by atoms with Crippen LogP contribution in [-0.4, -0.2) is 5.11 Å². The number of halogens is 1. The number of benzene rings is 2. The third kappa shape index (κ3) is 3.81. The molecule has 0 aliphatic rings. The lowest BCUT2D eigenvalue weighted by Gasteiger charge is -2.14. The molecule has 0 saturated heterocycles. The summed E-state index contributed by atoms with van der Waals surface area (Å²) in [5.74, 6) is 0. The molecule has 2 N–H and O–H groups in total. The van der Waals surface area contributed by atoms with E-state index in [0.29, 0.717) is 5.11 Å². The van der Waals surface area contributed by atoms with E-state index < -0.39 is 0 Å². The van der Waals surface area contributed by atoms with Crippen LogP contribution in [0.5, 0.6) is 0 Å². The Kier molecular flexibility index (Phi) is 5.15. The van der Waals surface area contributed by atoms with Crippen LogP contribution >= 0.6 is 28.1 Å². The number of hydrogen-bond acceptors (Lipinski definition) is 1. The number of aryl methyl sites for hydroxylation is 2. The van der Waals surface area contributed by atoms with Crippen LogP contribution in [0, 0.1) is 6.92 Å². The third-order valence-electron chi connectivity index (χ3n) is 3.08. The van der Waals surface area contributed by atoms with Crippen LogP contribution < -0.4 is 10.6 Å². The first kappa shape index (κ1) is 15.0. The lowest BCUT2D eigenvalue weighted by atomic mass is 10.1. The van der Waals surface area contributed by atoms with Gasteiger partial charge in [0.15, 0.2) is 5.11 Å². The third-order valence-corrected chi connectivity index (χ3v) is 3.78. The number of rotatable bonds is 3. The summed E-state index contributed by atoms with van der Waals surface area (Å²) >= 11 is 8.84. The van der Waals surface area contributed by atoms with Crippen LogP contribution in [0.2, 0.25) is 0 Å². The molecular formula is C16H17BrN2S. The highest BCUT2D eigenvalue weighted by Gasteiger charge is 2.04. The Morgan fingerprint density at radius 2 is 1.80 bits per heavy atom. The molecule has 20 heavy (non-hydrogen) atoms. The van der Waals surface area contributed by atoms with Crippen molar-refractivity contribution in [1.82, 2.24) is 0 Å². The van der Waals surface area contributed by atoms with Crippen molar-refractivity contribution in [2.24, 2.45) is 0 Å². The van der Waals surface area contributed by atoms with Crippen molar-refractivity contribution in [3.8, 4) is 0 Å². The van der Waals surface area contributed by atoms with E-state index in [-0.39, 0.29) is 0 Å². The van der Waals surface area contributed by atoms with E-state index in [4.69, 9.17) is 12.2 Å². The number of nitrogens with one attached hydrogen (secondary N) is 2.